The number of benzene rings is 2. The van der Waals surface area contributed by atoms with E-state index in [-0.39, 0.29) is 11.9 Å². The quantitative estimate of drug-likeness (QED) is 0.934. The van der Waals surface area contributed by atoms with E-state index in [2.05, 4.69) is 53.8 Å². The molecule has 3 nitrogen and oxygen atoms in total. The highest BCUT2D eigenvalue weighted by molar-refractivity contribution is 5.80. The summed E-state index contributed by atoms with van der Waals surface area (Å²) in [4.78, 5) is 13.8. The van der Waals surface area contributed by atoms with Crippen LogP contribution in [0.25, 0.3) is 11.1 Å². The van der Waals surface area contributed by atoms with Gasteiger partial charge in [0.15, 0.2) is 0 Å². The summed E-state index contributed by atoms with van der Waals surface area (Å²) in [5.74, 6) is 0.124. The Morgan fingerprint density at radius 2 is 1.57 bits per heavy atom. The molecule has 1 N–H and O–H groups in total. The van der Waals surface area contributed by atoms with Crippen LogP contribution < -0.4 is 5.32 Å². The van der Waals surface area contributed by atoms with Gasteiger partial charge in [0, 0.05) is 13.6 Å². The van der Waals surface area contributed by atoms with Crippen LogP contribution in [0.2, 0.25) is 0 Å². The van der Waals surface area contributed by atoms with Crippen molar-refractivity contribution in [3.8, 4) is 11.1 Å². The van der Waals surface area contributed by atoms with Gasteiger partial charge in [-0.3, -0.25) is 10.1 Å². The van der Waals surface area contributed by atoms with Crippen LogP contribution in [0.15, 0.2) is 48.5 Å². The van der Waals surface area contributed by atoms with Gasteiger partial charge in [-0.15, -0.1) is 0 Å². The third-order valence-corrected chi connectivity index (χ3v) is 4.19. The summed E-state index contributed by atoms with van der Waals surface area (Å²) in [7, 11) is 1.83. The minimum Gasteiger partial charge on any atom is -0.345 e. The second-order valence-corrected chi connectivity index (χ2v) is 5.40. The van der Waals surface area contributed by atoms with Gasteiger partial charge >= 0.3 is 0 Å². The lowest BCUT2D eigenvalue weighted by Crippen LogP contribution is -2.36. The predicted octanol–water partition coefficient (Wildman–Crippen LogP) is 2.82. The molecule has 0 atom stereocenters. The van der Waals surface area contributed by atoms with Gasteiger partial charge in [-0.2, -0.15) is 0 Å². The number of nitrogens with zero attached hydrogens (tertiary/aromatic N) is 1. The third kappa shape index (κ3) is 2.45. The van der Waals surface area contributed by atoms with Crippen LogP contribution in [0.4, 0.5) is 0 Å². The number of carbonyl (C=O) groups excluding carboxylic acids is 1. The Bertz CT molecular complexity index is 620. The predicted molar refractivity (Wildman–Crippen MR) is 85.0 cm³/mol. The molecule has 0 saturated carbocycles. The van der Waals surface area contributed by atoms with Gasteiger partial charge in [0.05, 0.1) is 12.6 Å². The lowest BCUT2D eigenvalue weighted by molar-refractivity contribution is -0.128. The van der Waals surface area contributed by atoms with Crippen molar-refractivity contribution >= 4 is 5.91 Å². The highest BCUT2D eigenvalue weighted by Crippen LogP contribution is 2.42. The molecule has 0 saturated heterocycles. The molecule has 1 aliphatic carbocycles. The van der Waals surface area contributed by atoms with Crippen LogP contribution in [0.5, 0.6) is 0 Å². The molecule has 3 rings (SSSR count). The maximum absolute atomic E-state index is 12.0. The second kappa shape index (κ2) is 5.70. The van der Waals surface area contributed by atoms with Crippen LogP contribution in [0.1, 0.15) is 24.1 Å². The Kier molecular flexibility index (Phi) is 3.76. The first kappa shape index (κ1) is 13.8. The number of hydrogen-bond donors (Lipinski definition) is 1. The second-order valence-electron chi connectivity index (χ2n) is 5.40. The third-order valence-electron chi connectivity index (χ3n) is 4.19. The van der Waals surface area contributed by atoms with Crippen molar-refractivity contribution in [3.05, 3.63) is 59.7 Å². The van der Waals surface area contributed by atoms with Gasteiger partial charge < -0.3 is 4.90 Å². The summed E-state index contributed by atoms with van der Waals surface area (Å²) in [6.07, 6.45) is 0. The molecule has 1 aliphatic rings. The minimum atomic E-state index is 0.103. The average Bonchev–Trinajstić information content (AvgIpc) is 2.86. The van der Waals surface area contributed by atoms with Gasteiger partial charge in [-0.1, -0.05) is 48.5 Å². The van der Waals surface area contributed by atoms with Crippen LogP contribution in [0.3, 0.4) is 0 Å². The molecule has 0 aromatic heterocycles. The number of carbonyl (C=O) groups is 1. The Hall–Kier alpha value is -2.13. The van der Waals surface area contributed by atoms with Gasteiger partial charge in [-0.05, 0) is 29.2 Å². The molecule has 2 aromatic carbocycles. The molecule has 0 spiro atoms. The average molecular weight is 280 g/mol. The fourth-order valence-corrected chi connectivity index (χ4v) is 2.88. The van der Waals surface area contributed by atoms with Crippen LogP contribution >= 0.6 is 0 Å². The first-order valence-electron chi connectivity index (χ1n) is 7.38. The topological polar surface area (TPSA) is 32.3 Å². The SMILES string of the molecule is CCN(C)C(=O)CNC1c2ccccc2-c2ccccc21. The molecule has 108 valence electrons. The van der Waals surface area contributed by atoms with Crippen molar-refractivity contribution in [2.24, 2.45) is 0 Å². The van der Waals surface area contributed by atoms with Crippen molar-refractivity contribution in [3.63, 3.8) is 0 Å². The van der Waals surface area contributed by atoms with E-state index in [1.165, 1.54) is 22.3 Å². The van der Waals surface area contributed by atoms with E-state index in [0.29, 0.717) is 6.54 Å². The summed E-state index contributed by atoms with van der Waals surface area (Å²) in [6.45, 7) is 3.08. The monoisotopic (exact) mass is 280 g/mol. The molecular formula is C18H20N2O. The Morgan fingerprint density at radius 1 is 1.05 bits per heavy atom. The van der Waals surface area contributed by atoms with E-state index in [1.54, 1.807) is 4.90 Å². The van der Waals surface area contributed by atoms with Crippen LogP contribution in [-0.4, -0.2) is 30.9 Å². The van der Waals surface area contributed by atoms with Gasteiger partial charge in [-0.25, -0.2) is 0 Å². The number of likely N-dealkylation sites (N-methyl/N-ethyl adjacent to an activating group) is 1. The van der Waals surface area contributed by atoms with Crippen molar-refractivity contribution in [1.82, 2.24) is 10.2 Å². The molecule has 0 fully saturated rings. The number of amides is 1. The van der Waals surface area contributed by atoms with E-state index >= 15 is 0 Å². The Morgan fingerprint density at radius 3 is 2.10 bits per heavy atom. The normalized spacial score (nSPS) is 12.9. The molecule has 0 bridgehead atoms. The molecule has 21 heavy (non-hydrogen) atoms. The minimum absolute atomic E-state index is 0.103. The number of nitrogens with one attached hydrogen (secondary N) is 1. The zero-order valence-electron chi connectivity index (χ0n) is 12.5. The van der Waals surface area contributed by atoms with E-state index in [1.807, 2.05) is 14.0 Å². The Balaban J connectivity index is 1.87. The zero-order chi connectivity index (χ0) is 14.8. The van der Waals surface area contributed by atoms with Crippen molar-refractivity contribution in [2.45, 2.75) is 13.0 Å². The van der Waals surface area contributed by atoms with Crippen molar-refractivity contribution in [2.75, 3.05) is 20.1 Å². The van der Waals surface area contributed by atoms with Crippen LogP contribution in [-0.2, 0) is 4.79 Å². The first-order chi connectivity index (χ1) is 10.2. The van der Waals surface area contributed by atoms with Gasteiger partial charge in [0.25, 0.3) is 0 Å². The molecule has 0 heterocycles. The molecular weight excluding hydrogens is 260 g/mol. The van der Waals surface area contributed by atoms with Gasteiger partial charge in [0.1, 0.15) is 0 Å². The molecule has 0 aliphatic heterocycles. The zero-order valence-corrected chi connectivity index (χ0v) is 12.5. The standard InChI is InChI=1S/C18H20N2O/c1-3-20(2)17(21)12-19-18-15-10-6-4-8-13(15)14-9-5-7-11-16(14)18/h4-11,18-19H,3,12H2,1-2H3. The van der Waals surface area contributed by atoms with E-state index in [4.69, 9.17) is 0 Å². The van der Waals surface area contributed by atoms with Gasteiger partial charge in [0.2, 0.25) is 5.91 Å². The maximum Gasteiger partial charge on any atom is 0.236 e. The molecule has 3 heteroatoms. The molecule has 1 amide bonds. The maximum atomic E-state index is 12.0. The summed E-state index contributed by atoms with van der Waals surface area (Å²) in [6, 6.07) is 16.9. The summed E-state index contributed by atoms with van der Waals surface area (Å²) >= 11 is 0. The molecule has 2 aromatic rings. The van der Waals surface area contributed by atoms with Crippen molar-refractivity contribution < 1.29 is 4.79 Å². The summed E-state index contributed by atoms with van der Waals surface area (Å²) in [5.41, 5.74) is 5.04. The summed E-state index contributed by atoms with van der Waals surface area (Å²) in [5, 5.41) is 3.42. The summed E-state index contributed by atoms with van der Waals surface area (Å²) < 4.78 is 0. The van der Waals surface area contributed by atoms with E-state index < -0.39 is 0 Å². The fourth-order valence-electron chi connectivity index (χ4n) is 2.88. The molecule has 0 radical (unpaired) electrons. The lowest BCUT2D eigenvalue weighted by Gasteiger charge is -2.19. The Labute approximate surface area is 125 Å². The van der Waals surface area contributed by atoms with Crippen LogP contribution in [0, 0.1) is 0 Å². The van der Waals surface area contributed by atoms with E-state index in [9.17, 15) is 4.79 Å². The van der Waals surface area contributed by atoms with Crippen molar-refractivity contribution in [1.29, 1.82) is 0 Å². The first-order valence-corrected chi connectivity index (χ1v) is 7.38. The lowest BCUT2D eigenvalue weighted by atomic mass is 10.1. The number of fused-ring (bicyclic) bond motifs is 3. The molecule has 0 unspecified atom stereocenters. The smallest absolute Gasteiger partial charge is 0.236 e. The fraction of sp³-hybridized carbons (Fsp3) is 0.278. The highest BCUT2D eigenvalue weighted by Gasteiger charge is 2.28. The highest BCUT2D eigenvalue weighted by atomic mass is 16.2. The number of rotatable bonds is 4. The van der Waals surface area contributed by atoms with E-state index in [0.717, 1.165) is 6.54 Å². The largest absolute Gasteiger partial charge is 0.345 e. The number of hydrogen-bond acceptors (Lipinski definition) is 2.